The van der Waals surface area contributed by atoms with E-state index in [0.29, 0.717) is 18.0 Å². The maximum atomic E-state index is 12.5. The molecule has 0 aliphatic carbocycles. The highest BCUT2D eigenvalue weighted by molar-refractivity contribution is 7.92. The van der Waals surface area contributed by atoms with Gasteiger partial charge in [-0.05, 0) is 42.3 Å². The van der Waals surface area contributed by atoms with Gasteiger partial charge in [0, 0.05) is 22.8 Å². The fraction of sp³-hybridized carbons (Fsp3) is 0.235. The maximum Gasteiger partial charge on any atom is 0.263 e. The molecule has 0 saturated carbocycles. The standard InChI is InChI=1S/C17H18Cl2N2O3S/c1-11(2)10-20-17(22)12-4-3-5-14(8-12)21-25(23,24)16-9-13(18)6-7-15(16)19/h3-9,11,21H,10H2,1-2H3,(H,20,22). The Hall–Kier alpha value is -1.76. The molecule has 25 heavy (non-hydrogen) atoms. The van der Waals surface area contributed by atoms with Crippen LogP contribution in [0.2, 0.25) is 10.0 Å². The predicted molar refractivity (Wildman–Crippen MR) is 101 cm³/mol. The van der Waals surface area contributed by atoms with E-state index >= 15 is 0 Å². The zero-order chi connectivity index (χ0) is 18.6. The van der Waals surface area contributed by atoms with E-state index in [1.165, 1.54) is 24.3 Å². The van der Waals surface area contributed by atoms with Crippen molar-refractivity contribution in [3.05, 3.63) is 58.1 Å². The largest absolute Gasteiger partial charge is 0.352 e. The molecule has 1 amide bonds. The summed E-state index contributed by atoms with van der Waals surface area (Å²) in [6, 6.07) is 10.4. The molecule has 0 aliphatic rings. The summed E-state index contributed by atoms with van der Waals surface area (Å²) in [7, 11) is -3.93. The molecule has 0 aromatic heterocycles. The fourth-order valence-electron chi connectivity index (χ4n) is 2.02. The summed E-state index contributed by atoms with van der Waals surface area (Å²) in [6.07, 6.45) is 0. The van der Waals surface area contributed by atoms with Gasteiger partial charge in [-0.2, -0.15) is 0 Å². The van der Waals surface area contributed by atoms with Gasteiger partial charge < -0.3 is 5.32 Å². The van der Waals surface area contributed by atoms with Crippen molar-refractivity contribution in [2.45, 2.75) is 18.7 Å². The van der Waals surface area contributed by atoms with Crippen LogP contribution >= 0.6 is 23.2 Å². The molecular formula is C17H18Cl2N2O3S. The average molecular weight is 401 g/mol. The van der Waals surface area contributed by atoms with E-state index < -0.39 is 10.0 Å². The molecule has 2 aromatic rings. The van der Waals surface area contributed by atoms with E-state index in [-0.39, 0.29) is 26.5 Å². The number of benzene rings is 2. The van der Waals surface area contributed by atoms with Crippen LogP contribution in [0.1, 0.15) is 24.2 Å². The number of halogens is 2. The SMILES string of the molecule is CC(C)CNC(=O)c1cccc(NS(=O)(=O)c2cc(Cl)ccc2Cl)c1. The van der Waals surface area contributed by atoms with Crippen LogP contribution in [0.5, 0.6) is 0 Å². The van der Waals surface area contributed by atoms with Crippen molar-refractivity contribution in [3.8, 4) is 0 Å². The van der Waals surface area contributed by atoms with Crippen molar-refractivity contribution >= 4 is 44.8 Å². The minimum absolute atomic E-state index is 0.0581. The Labute approximate surface area is 157 Å². The summed E-state index contributed by atoms with van der Waals surface area (Å²) in [5.41, 5.74) is 0.617. The first-order chi connectivity index (χ1) is 11.7. The molecule has 0 atom stereocenters. The first-order valence-corrected chi connectivity index (χ1v) is 9.79. The van der Waals surface area contributed by atoms with Crippen molar-refractivity contribution in [1.82, 2.24) is 5.32 Å². The van der Waals surface area contributed by atoms with Crippen LogP contribution < -0.4 is 10.0 Å². The van der Waals surface area contributed by atoms with Crippen LogP contribution in [-0.4, -0.2) is 20.9 Å². The van der Waals surface area contributed by atoms with Gasteiger partial charge in [-0.3, -0.25) is 9.52 Å². The van der Waals surface area contributed by atoms with Crippen molar-refractivity contribution in [3.63, 3.8) is 0 Å². The average Bonchev–Trinajstić information content (AvgIpc) is 2.54. The Morgan fingerprint density at radius 1 is 1.12 bits per heavy atom. The molecule has 8 heteroatoms. The van der Waals surface area contributed by atoms with E-state index in [2.05, 4.69) is 10.0 Å². The van der Waals surface area contributed by atoms with Crippen molar-refractivity contribution in [2.75, 3.05) is 11.3 Å². The van der Waals surface area contributed by atoms with Crippen LogP contribution in [0.3, 0.4) is 0 Å². The van der Waals surface area contributed by atoms with E-state index in [1.807, 2.05) is 13.8 Å². The number of anilines is 1. The summed E-state index contributed by atoms with van der Waals surface area (Å²) in [5.74, 6) is 0.0474. The number of carbonyl (C=O) groups excluding carboxylic acids is 1. The molecule has 2 N–H and O–H groups in total. The van der Waals surface area contributed by atoms with Gasteiger partial charge in [-0.15, -0.1) is 0 Å². The van der Waals surface area contributed by atoms with E-state index in [4.69, 9.17) is 23.2 Å². The number of hydrogen-bond acceptors (Lipinski definition) is 3. The van der Waals surface area contributed by atoms with Gasteiger partial charge in [-0.1, -0.05) is 43.1 Å². The van der Waals surface area contributed by atoms with Gasteiger partial charge in [0.2, 0.25) is 0 Å². The van der Waals surface area contributed by atoms with Crippen LogP contribution in [0.25, 0.3) is 0 Å². The van der Waals surface area contributed by atoms with Gasteiger partial charge >= 0.3 is 0 Å². The third kappa shape index (κ3) is 5.36. The Morgan fingerprint density at radius 3 is 2.52 bits per heavy atom. The monoisotopic (exact) mass is 400 g/mol. The van der Waals surface area contributed by atoms with Gasteiger partial charge in [0.25, 0.3) is 15.9 Å². The highest BCUT2D eigenvalue weighted by Gasteiger charge is 2.19. The molecule has 0 spiro atoms. The summed E-state index contributed by atoms with van der Waals surface area (Å²) in [5, 5.41) is 3.10. The molecule has 0 fully saturated rings. The third-order valence-electron chi connectivity index (χ3n) is 3.23. The van der Waals surface area contributed by atoms with Crippen LogP contribution in [-0.2, 0) is 10.0 Å². The number of nitrogens with one attached hydrogen (secondary N) is 2. The summed E-state index contributed by atoms with van der Waals surface area (Å²) in [4.78, 5) is 12.0. The Balaban J connectivity index is 2.24. The molecule has 5 nitrogen and oxygen atoms in total. The van der Waals surface area contributed by atoms with E-state index in [0.717, 1.165) is 0 Å². The van der Waals surface area contributed by atoms with Gasteiger partial charge in [0.05, 0.1) is 5.02 Å². The smallest absolute Gasteiger partial charge is 0.263 e. The van der Waals surface area contributed by atoms with Gasteiger partial charge in [0.1, 0.15) is 4.90 Å². The summed E-state index contributed by atoms with van der Waals surface area (Å²) < 4.78 is 27.4. The fourth-order valence-corrected chi connectivity index (χ4v) is 3.83. The molecular weight excluding hydrogens is 383 g/mol. The normalized spacial score (nSPS) is 11.4. The van der Waals surface area contributed by atoms with Crippen LogP contribution in [0, 0.1) is 5.92 Å². The van der Waals surface area contributed by atoms with E-state index in [1.54, 1.807) is 18.2 Å². The zero-order valence-corrected chi connectivity index (χ0v) is 16.0. The minimum atomic E-state index is -3.93. The topological polar surface area (TPSA) is 75.3 Å². The van der Waals surface area contributed by atoms with E-state index in [9.17, 15) is 13.2 Å². The predicted octanol–water partition coefficient (Wildman–Crippen LogP) is 4.18. The molecule has 2 aromatic carbocycles. The molecule has 0 radical (unpaired) electrons. The van der Waals surface area contributed by atoms with Crippen molar-refractivity contribution in [1.29, 1.82) is 0 Å². The first-order valence-electron chi connectivity index (χ1n) is 7.55. The third-order valence-corrected chi connectivity index (χ3v) is 5.33. The first kappa shape index (κ1) is 19.6. The number of sulfonamides is 1. The van der Waals surface area contributed by atoms with Crippen molar-refractivity contribution in [2.24, 2.45) is 5.92 Å². The number of carbonyl (C=O) groups is 1. The lowest BCUT2D eigenvalue weighted by Crippen LogP contribution is -2.27. The number of amides is 1. The molecule has 0 saturated heterocycles. The molecule has 2 rings (SSSR count). The lowest BCUT2D eigenvalue weighted by molar-refractivity contribution is 0.0949. The van der Waals surface area contributed by atoms with Crippen LogP contribution in [0.4, 0.5) is 5.69 Å². The second kappa shape index (κ2) is 8.08. The molecule has 0 aliphatic heterocycles. The maximum absolute atomic E-state index is 12.5. The van der Waals surface area contributed by atoms with Crippen molar-refractivity contribution < 1.29 is 13.2 Å². The Morgan fingerprint density at radius 2 is 1.84 bits per heavy atom. The zero-order valence-electron chi connectivity index (χ0n) is 13.7. The Kier molecular flexibility index (Phi) is 6.32. The highest BCUT2D eigenvalue weighted by Crippen LogP contribution is 2.27. The van der Waals surface area contributed by atoms with Crippen LogP contribution in [0.15, 0.2) is 47.4 Å². The number of hydrogen-bond donors (Lipinski definition) is 2. The van der Waals surface area contributed by atoms with Gasteiger partial charge in [-0.25, -0.2) is 8.42 Å². The number of rotatable bonds is 6. The molecule has 0 bridgehead atoms. The lowest BCUT2D eigenvalue weighted by atomic mass is 10.1. The molecule has 0 unspecified atom stereocenters. The second-order valence-electron chi connectivity index (χ2n) is 5.86. The van der Waals surface area contributed by atoms with Gasteiger partial charge in [0.15, 0.2) is 0 Å². The highest BCUT2D eigenvalue weighted by atomic mass is 35.5. The second-order valence-corrected chi connectivity index (χ2v) is 8.36. The summed E-state index contributed by atoms with van der Waals surface area (Å²) in [6.45, 7) is 4.51. The Bertz CT molecular complexity index is 883. The summed E-state index contributed by atoms with van der Waals surface area (Å²) >= 11 is 11.8. The minimum Gasteiger partial charge on any atom is -0.352 e. The molecule has 0 heterocycles. The quantitative estimate of drug-likeness (QED) is 0.763. The molecule has 134 valence electrons. The lowest BCUT2D eigenvalue weighted by Gasteiger charge is -2.12.